The van der Waals surface area contributed by atoms with E-state index in [9.17, 15) is 24.0 Å². The Balaban J connectivity index is 0.762. The molecule has 3 aromatic rings. The van der Waals surface area contributed by atoms with E-state index in [1.165, 1.54) is 0 Å². The number of hydrogen-bond donors (Lipinski definition) is 3. The number of halogens is 1. The van der Waals surface area contributed by atoms with Gasteiger partial charge in [0.05, 0.1) is 27.8 Å². The Morgan fingerprint density at radius 2 is 1.70 bits per heavy atom. The summed E-state index contributed by atoms with van der Waals surface area (Å²) < 4.78 is 5.97. The summed E-state index contributed by atoms with van der Waals surface area (Å²) >= 11 is 6.12. The van der Waals surface area contributed by atoms with Gasteiger partial charge in [0.1, 0.15) is 24.0 Å². The molecule has 4 fully saturated rings. The number of hydrogen-bond acceptors (Lipinski definition) is 13. The number of aromatic nitrogens is 2. The van der Waals surface area contributed by atoms with Crippen LogP contribution in [0.25, 0.3) is 0 Å². The van der Waals surface area contributed by atoms with Crippen LogP contribution in [-0.2, 0) is 14.4 Å². The summed E-state index contributed by atoms with van der Waals surface area (Å²) in [5.74, 6) is 0.0342. The molecular formula is C39H41ClN10O6. The zero-order valence-corrected chi connectivity index (χ0v) is 31.3. The van der Waals surface area contributed by atoms with Gasteiger partial charge in [0.2, 0.25) is 17.7 Å². The molecule has 5 aliphatic rings. The number of rotatable bonds is 9. The van der Waals surface area contributed by atoms with Crippen LogP contribution in [0.4, 0.5) is 17.3 Å². The molecule has 4 saturated heterocycles. The molecule has 6 heterocycles. The van der Waals surface area contributed by atoms with Crippen LogP contribution in [0.1, 0.15) is 58.4 Å². The minimum absolute atomic E-state index is 0.0862. The molecule has 8 rings (SSSR count). The number of piperazine rings is 1. The van der Waals surface area contributed by atoms with E-state index >= 15 is 0 Å². The number of nitrogens with zero attached hydrogens (tertiary/aromatic N) is 7. The molecule has 56 heavy (non-hydrogen) atoms. The molecule has 290 valence electrons. The van der Waals surface area contributed by atoms with E-state index in [0.717, 1.165) is 75.1 Å². The molecule has 0 saturated carbocycles. The average Bonchev–Trinajstić information content (AvgIpc) is 3.77. The predicted molar refractivity (Wildman–Crippen MR) is 204 cm³/mol. The first-order valence-corrected chi connectivity index (χ1v) is 19.3. The zero-order valence-electron chi connectivity index (χ0n) is 30.6. The fourth-order valence-electron chi connectivity index (χ4n) is 8.17. The Morgan fingerprint density at radius 3 is 2.41 bits per heavy atom. The van der Waals surface area contributed by atoms with Gasteiger partial charge < -0.3 is 25.2 Å². The van der Waals surface area contributed by atoms with Crippen LogP contribution in [0.3, 0.4) is 0 Å². The maximum atomic E-state index is 13.3. The number of amides is 5. The number of anilines is 3. The standard InChI is InChI=1S/C39H41ClN10O6/c40-30-18-26(3-1-24(30)20-41)56-27-19-31(42-21-27)36(52)43-33-6-7-34(46-45-33)49-11-9-23(10-12-49)22-47-13-15-48(16-14-47)25-2-4-28-29(17-25)39(55)50(38(28)54)32-5-8-35(51)44-37(32)53/h1-4,6-7,17-18,23,27,31-32,42H,5,8-16,19,21-22H2,(H,43,45,52)(H,44,51,53). The Morgan fingerprint density at radius 1 is 0.911 bits per heavy atom. The average molecular weight is 781 g/mol. The second-order valence-corrected chi connectivity index (χ2v) is 15.3. The van der Waals surface area contributed by atoms with Crippen molar-refractivity contribution < 1.29 is 28.7 Å². The summed E-state index contributed by atoms with van der Waals surface area (Å²) in [5, 5.41) is 26.4. The van der Waals surface area contributed by atoms with Gasteiger partial charge in [-0.2, -0.15) is 5.26 Å². The lowest BCUT2D eigenvalue weighted by Gasteiger charge is -2.39. The summed E-state index contributed by atoms with van der Waals surface area (Å²) in [5.41, 5.74) is 1.83. The molecular weight excluding hydrogens is 740 g/mol. The second kappa shape index (κ2) is 15.8. The zero-order chi connectivity index (χ0) is 38.9. The van der Waals surface area contributed by atoms with E-state index in [0.29, 0.717) is 46.6 Å². The number of piperidine rings is 2. The molecule has 3 atom stereocenters. The summed E-state index contributed by atoms with van der Waals surface area (Å²) in [6.45, 7) is 6.54. The molecule has 1 aromatic heterocycles. The molecule has 3 unspecified atom stereocenters. The predicted octanol–water partition coefficient (Wildman–Crippen LogP) is 2.19. The highest BCUT2D eigenvalue weighted by atomic mass is 35.5. The third-order valence-electron chi connectivity index (χ3n) is 11.3. The fourth-order valence-corrected chi connectivity index (χ4v) is 8.39. The topological polar surface area (TPSA) is 193 Å². The first kappa shape index (κ1) is 37.3. The SMILES string of the molecule is N#Cc1ccc(OC2CNC(C(=O)Nc3ccc(N4CCC(CN5CCN(c6ccc7c(c6)C(=O)N(C6CCC(=O)NC6=O)C7=O)CC5)CC4)nn3)C2)cc1Cl. The van der Waals surface area contributed by atoms with Crippen LogP contribution in [0.2, 0.25) is 5.02 Å². The van der Waals surface area contributed by atoms with E-state index in [4.69, 9.17) is 21.6 Å². The maximum Gasteiger partial charge on any atom is 0.262 e. The molecule has 0 radical (unpaired) electrons. The first-order valence-electron chi connectivity index (χ1n) is 19.0. The number of carbonyl (C=O) groups is 5. The molecule has 3 N–H and O–H groups in total. The van der Waals surface area contributed by atoms with Gasteiger partial charge in [0, 0.05) is 77.0 Å². The normalized spacial score (nSPS) is 23.2. The third-order valence-corrected chi connectivity index (χ3v) is 11.6. The highest BCUT2D eigenvalue weighted by Gasteiger charge is 2.45. The van der Waals surface area contributed by atoms with Crippen molar-refractivity contribution in [1.29, 1.82) is 5.26 Å². The largest absolute Gasteiger partial charge is 0.489 e. The van der Waals surface area contributed by atoms with Crippen molar-refractivity contribution in [2.24, 2.45) is 5.92 Å². The lowest BCUT2D eigenvalue weighted by atomic mass is 9.96. The Labute approximate surface area is 328 Å². The Bertz CT molecular complexity index is 2090. The van der Waals surface area contributed by atoms with Crippen molar-refractivity contribution in [2.75, 3.05) is 67.5 Å². The number of imide groups is 2. The van der Waals surface area contributed by atoms with Crippen LogP contribution < -0.4 is 30.5 Å². The molecule has 16 nitrogen and oxygen atoms in total. The molecule has 5 amide bonds. The maximum absolute atomic E-state index is 13.3. The van der Waals surface area contributed by atoms with Crippen LogP contribution in [0, 0.1) is 17.2 Å². The number of fused-ring (bicyclic) bond motifs is 1. The van der Waals surface area contributed by atoms with Gasteiger partial charge >= 0.3 is 0 Å². The van der Waals surface area contributed by atoms with E-state index in [2.05, 4.69) is 40.8 Å². The molecule has 17 heteroatoms. The van der Waals surface area contributed by atoms with Crippen LogP contribution in [0.15, 0.2) is 48.5 Å². The first-order chi connectivity index (χ1) is 27.1. The van der Waals surface area contributed by atoms with E-state index in [1.54, 1.807) is 36.4 Å². The quantitative estimate of drug-likeness (QED) is 0.268. The summed E-state index contributed by atoms with van der Waals surface area (Å²) in [4.78, 5) is 71.3. The van der Waals surface area contributed by atoms with Crippen molar-refractivity contribution in [3.63, 3.8) is 0 Å². The highest BCUT2D eigenvalue weighted by Crippen LogP contribution is 2.32. The second-order valence-electron chi connectivity index (χ2n) is 14.9. The summed E-state index contributed by atoms with van der Waals surface area (Å²) in [6, 6.07) is 14.5. The minimum atomic E-state index is -0.979. The van der Waals surface area contributed by atoms with Crippen molar-refractivity contribution in [2.45, 2.75) is 50.3 Å². The van der Waals surface area contributed by atoms with Crippen molar-refractivity contribution in [1.82, 2.24) is 30.6 Å². The molecule has 0 aliphatic carbocycles. The van der Waals surface area contributed by atoms with Crippen molar-refractivity contribution in [3.05, 3.63) is 70.2 Å². The number of benzene rings is 2. The van der Waals surface area contributed by atoms with Gasteiger partial charge in [-0.05, 0) is 67.6 Å². The fraction of sp³-hybridized carbons (Fsp3) is 0.436. The molecule has 0 bridgehead atoms. The number of ether oxygens (including phenoxy) is 1. The van der Waals surface area contributed by atoms with Gasteiger partial charge in [-0.15, -0.1) is 10.2 Å². The molecule has 0 spiro atoms. The third kappa shape index (κ3) is 7.75. The van der Waals surface area contributed by atoms with E-state index < -0.39 is 35.7 Å². The molecule has 5 aliphatic heterocycles. The monoisotopic (exact) mass is 780 g/mol. The smallest absolute Gasteiger partial charge is 0.262 e. The van der Waals surface area contributed by atoms with Gasteiger partial charge in [-0.3, -0.25) is 39.1 Å². The Hall–Kier alpha value is -5.63. The Kier molecular flexibility index (Phi) is 10.6. The van der Waals surface area contributed by atoms with Crippen LogP contribution in [0.5, 0.6) is 5.75 Å². The lowest BCUT2D eigenvalue weighted by Crippen LogP contribution is -2.54. The van der Waals surface area contributed by atoms with Crippen LogP contribution in [-0.4, -0.2) is 120 Å². The number of carbonyl (C=O) groups excluding carboxylic acids is 5. The highest BCUT2D eigenvalue weighted by molar-refractivity contribution is 6.31. The van der Waals surface area contributed by atoms with Crippen molar-refractivity contribution >= 4 is 58.5 Å². The van der Waals surface area contributed by atoms with Gasteiger partial charge in [0.15, 0.2) is 11.6 Å². The van der Waals surface area contributed by atoms with E-state index in [1.807, 2.05) is 18.2 Å². The van der Waals surface area contributed by atoms with E-state index in [-0.39, 0.29) is 30.4 Å². The summed E-state index contributed by atoms with van der Waals surface area (Å²) in [6.07, 6.45) is 2.51. The summed E-state index contributed by atoms with van der Waals surface area (Å²) in [7, 11) is 0. The van der Waals surface area contributed by atoms with Gasteiger partial charge in [-0.1, -0.05) is 11.6 Å². The molecule has 2 aromatic carbocycles. The van der Waals surface area contributed by atoms with Crippen LogP contribution >= 0.6 is 11.6 Å². The minimum Gasteiger partial charge on any atom is -0.489 e. The lowest BCUT2D eigenvalue weighted by molar-refractivity contribution is -0.136. The van der Waals surface area contributed by atoms with Gasteiger partial charge in [-0.25, -0.2) is 0 Å². The number of nitrogens with one attached hydrogen (secondary N) is 3. The van der Waals surface area contributed by atoms with Gasteiger partial charge in [0.25, 0.3) is 11.8 Å². The van der Waals surface area contributed by atoms with Crippen molar-refractivity contribution in [3.8, 4) is 11.8 Å². The number of nitriles is 1.